The molecule has 0 saturated carbocycles. The zero-order valence-corrected chi connectivity index (χ0v) is 21.8. The van der Waals surface area contributed by atoms with Gasteiger partial charge in [-0.1, -0.05) is 80.6 Å². The Kier molecular flexibility index (Phi) is 8.86. The number of fused-ring (bicyclic) bond motifs is 1. The summed E-state index contributed by atoms with van der Waals surface area (Å²) in [6.07, 6.45) is 2.75. The highest BCUT2D eigenvalue weighted by atomic mass is 16.6. The predicted octanol–water partition coefficient (Wildman–Crippen LogP) is 6.43. The summed E-state index contributed by atoms with van der Waals surface area (Å²) >= 11 is 0. The normalized spacial score (nSPS) is 15.8. The number of benzene rings is 2. The monoisotopic (exact) mass is 488 g/mol. The minimum Gasteiger partial charge on any atom is -0.464 e. The standard InChI is InChI=1S/C30H36N2O4/c1-7-9-19-35-28(33)27(31-26-22(8-2)20(3)23-17-13-14-18-24(23)26)25(21-15-11-10-12-16-21)32-29(34)36-30(4,5)6/h8,10-18,25,27H,2,7,9,19H2,1,3-6H3,(H,32,34)/b31-26-/t25-,27+/m0/s1. The maximum atomic E-state index is 13.5. The summed E-state index contributed by atoms with van der Waals surface area (Å²) in [6, 6.07) is 15.4. The largest absolute Gasteiger partial charge is 0.464 e. The molecule has 2 atom stereocenters. The lowest BCUT2D eigenvalue weighted by atomic mass is 9.98. The lowest BCUT2D eigenvalue weighted by Crippen LogP contribution is -2.43. The molecule has 1 N–H and O–H groups in total. The van der Waals surface area contributed by atoms with Gasteiger partial charge in [-0.05, 0) is 50.8 Å². The van der Waals surface area contributed by atoms with Gasteiger partial charge in [0.2, 0.25) is 0 Å². The summed E-state index contributed by atoms with van der Waals surface area (Å²) in [5, 5.41) is 2.89. The van der Waals surface area contributed by atoms with Crippen molar-refractivity contribution in [2.45, 2.75) is 65.1 Å². The van der Waals surface area contributed by atoms with E-state index in [2.05, 4.69) is 11.9 Å². The first-order chi connectivity index (χ1) is 17.2. The van der Waals surface area contributed by atoms with Crippen molar-refractivity contribution < 1.29 is 19.1 Å². The molecule has 2 aromatic rings. The Labute approximate surface area is 214 Å². The first-order valence-electron chi connectivity index (χ1n) is 12.4. The Morgan fingerprint density at radius 1 is 1.06 bits per heavy atom. The van der Waals surface area contributed by atoms with Crippen LogP contribution in [0.4, 0.5) is 4.79 Å². The summed E-state index contributed by atoms with van der Waals surface area (Å²) in [5.74, 6) is -0.508. The number of carbonyl (C=O) groups excluding carboxylic acids is 2. The number of hydrogen-bond acceptors (Lipinski definition) is 5. The molecule has 0 radical (unpaired) electrons. The number of rotatable bonds is 9. The molecule has 0 fully saturated rings. The van der Waals surface area contributed by atoms with Crippen LogP contribution in [0.3, 0.4) is 0 Å². The number of nitrogens with zero attached hydrogens (tertiary/aromatic N) is 1. The van der Waals surface area contributed by atoms with E-state index in [1.807, 2.05) is 68.4 Å². The molecule has 0 aliphatic heterocycles. The van der Waals surface area contributed by atoms with Crippen LogP contribution in [0.25, 0.3) is 5.57 Å². The molecule has 0 bridgehead atoms. The van der Waals surface area contributed by atoms with E-state index in [1.54, 1.807) is 26.8 Å². The molecule has 0 heterocycles. The summed E-state index contributed by atoms with van der Waals surface area (Å²) in [6.45, 7) is 13.7. The molecule has 6 nitrogen and oxygen atoms in total. The zero-order chi connectivity index (χ0) is 26.3. The van der Waals surface area contributed by atoms with E-state index in [-0.39, 0.29) is 6.61 Å². The van der Waals surface area contributed by atoms with Crippen molar-refractivity contribution >= 4 is 23.3 Å². The molecule has 0 saturated heterocycles. The molecule has 0 unspecified atom stereocenters. The van der Waals surface area contributed by atoms with Crippen molar-refractivity contribution in [1.29, 1.82) is 0 Å². The highest BCUT2D eigenvalue weighted by molar-refractivity contribution is 6.25. The van der Waals surface area contributed by atoms with E-state index < -0.39 is 29.7 Å². The van der Waals surface area contributed by atoms with Gasteiger partial charge < -0.3 is 14.8 Å². The molecule has 190 valence electrons. The quantitative estimate of drug-likeness (QED) is 0.326. The van der Waals surface area contributed by atoms with Crippen LogP contribution in [0.1, 0.15) is 70.2 Å². The molecule has 0 spiro atoms. The molecule has 0 aromatic heterocycles. The number of carbonyl (C=O) groups is 2. The number of hydrogen-bond donors (Lipinski definition) is 1. The summed E-state index contributed by atoms with van der Waals surface area (Å²) in [7, 11) is 0. The molecule has 1 amide bonds. The number of allylic oxidation sites excluding steroid dienone is 3. The van der Waals surface area contributed by atoms with Crippen molar-refractivity contribution in [3.05, 3.63) is 89.5 Å². The highest BCUT2D eigenvalue weighted by Gasteiger charge is 2.35. The Morgan fingerprint density at radius 3 is 2.31 bits per heavy atom. The van der Waals surface area contributed by atoms with Crippen LogP contribution in [0.5, 0.6) is 0 Å². The smallest absolute Gasteiger partial charge is 0.408 e. The Balaban J connectivity index is 2.12. The van der Waals surface area contributed by atoms with E-state index in [9.17, 15) is 9.59 Å². The fraction of sp³-hybridized carbons (Fsp3) is 0.367. The van der Waals surface area contributed by atoms with Crippen LogP contribution in [0.2, 0.25) is 0 Å². The number of aliphatic imine (C=N–C) groups is 1. The minimum absolute atomic E-state index is 0.282. The Bertz CT molecular complexity index is 1160. The van der Waals surface area contributed by atoms with Gasteiger partial charge in [-0.15, -0.1) is 0 Å². The number of unbranched alkanes of at least 4 members (excludes halogenated alkanes) is 1. The van der Waals surface area contributed by atoms with E-state index >= 15 is 0 Å². The van der Waals surface area contributed by atoms with Gasteiger partial charge in [0.25, 0.3) is 0 Å². The van der Waals surface area contributed by atoms with Crippen LogP contribution in [-0.2, 0) is 14.3 Å². The number of nitrogens with one attached hydrogen (secondary N) is 1. The highest BCUT2D eigenvalue weighted by Crippen LogP contribution is 2.35. The third-order valence-electron chi connectivity index (χ3n) is 5.85. The zero-order valence-electron chi connectivity index (χ0n) is 21.8. The van der Waals surface area contributed by atoms with Crippen molar-refractivity contribution in [2.24, 2.45) is 4.99 Å². The number of esters is 1. The third-order valence-corrected chi connectivity index (χ3v) is 5.85. The van der Waals surface area contributed by atoms with Crippen molar-refractivity contribution in [2.75, 3.05) is 6.61 Å². The van der Waals surface area contributed by atoms with Crippen LogP contribution in [-0.4, -0.2) is 36.0 Å². The second-order valence-electron chi connectivity index (χ2n) is 9.77. The second-order valence-corrected chi connectivity index (χ2v) is 9.77. The molecule has 2 aromatic carbocycles. The Morgan fingerprint density at radius 2 is 1.69 bits per heavy atom. The molecular weight excluding hydrogens is 452 g/mol. The molecule has 6 heteroatoms. The summed E-state index contributed by atoms with van der Waals surface area (Å²) < 4.78 is 11.2. The van der Waals surface area contributed by atoms with Gasteiger partial charge in [0, 0.05) is 11.1 Å². The fourth-order valence-corrected chi connectivity index (χ4v) is 4.12. The van der Waals surface area contributed by atoms with Crippen molar-refractivity contribution in [1.82, 2.24) is 5.32 Å². The van der Waals surface area contributed by atoms with Crippen molar-refractivity contribution in [3.63, 3.8) is 0 Å². The van der Waals surface area contributed by atoms with Gasteiger partial charge in [0.1, 0.15) is 5.60 Å². The lowest BCUT2D eigenvalue weighted by molar-refractivity contribution is -0.146. The predicted molar refractivity (Wildman–Crippen MR) is 144 cm³/mol. The van der Waals surface area contributed by atoms with Crippen LogP contribution < -0.4 is 5.32 Å². The first kappa shape index (κ1) is 26.9. The molecule has 1 aliphatic rings. The molecular formula is C30H36N2O4. The molecule has 36 heavy (non-hydrogen) atoms. The van der Waals surface area contributed by atoms with Gasteiger partial charge in [-0.25, -0.2) is 9.59 Å². The average molecular weight is 489 g/mol. The van der Waals surface area contributed by atoms with Gasteiger partial charge in [-0.2, -0.15) is 0 Å². The fourth-order valence-electron chi connectivity index (χ4n) is 4.12. The van der Waals surface area contributed by atoms with Crippen LogP contribution in [0.15, 0.2) is 77.8 Å². The molecule has 3 rings (SSSR count). The van der Waals surface area contributed by atoms with E-state index in [0.717, 1.165) is 40.7 Å². The van der Waals surface area contributed by atoms with Gasteiger partial charge in [-0.3, -0.25) is 4.99 Å². The van der Waals surface area contributed by atoms with E-state index in [4.69, 9.17) is 14.5 Å². The SMILES string of the molecule is C=CC1=C(C)c2ccccc2/C1=N\[C@@H](C(=O)OCCCC)[C@@H](NC(=O)OC(C)(C)C)c1ccccc1. The minimum atomic E-state index is -1.04. The maximum absolute atomic E-state index is 13.5. The maximum Gasteiger partial charge on any atom is 0.408 e. The van der Waals surface area contributed by atoms with Crippen molar-refractivity contribution in [3.8, 4) is 0 Å². The van der Waals surface area contributed by atoms with Gasteiger partial charge in [0.15, 0.2) is 6.04 Å². The van der Waals surface area contributed by atoms with Gasteiger partial charge >= 0.3 is 12.1 Å². The first-order valence-corrected chi connectivity index (χ1v) is 12.4. The third kappa shape index (κ3) is 6.51. The lowest BCUT2D eigenvalue weighted by Gasteiger charge is -2.27. The van der Waals surface area contributed by atoms with Gasteiger partial charge in [0.05, 0.1) is 18.4 Å². The molecule has 1 aliphatic carbocycles. The summed E-state index contributed by atoms with van der Waals surface area (Å²) in [5.41, 5.74) is 4.52. The number of alkyl carbamates (subject to hydrolysis) is 1. The number of amides is 1. The van der Waals surface area contributed by atoms with Crippen LogP contribution in [0, 0.1) is 0 Å². The van der Waals surface area contributed by atoms with E-state index in [1.165, 1.54) is 0 Å². The topological polar surface area (TPSA) is 77.0 Å². The van der Waals surface area contributed by atoms with E-state index in [0.29, 0.717) is 5.71 Å². The van der Waals surface area contributed by atoms with Crippen LogP contribution >= 0.6 is 0 Å². The average Bonchev–Trinajstić information content (AvgIpc) is 3.11. The second kappa shape index (κ2) is 11.8. The Hall–Kier alpha value is -3.67. The summed E-state index contributed by atoms with van der Waals surface area (Å²) in [4.78, 5) is 31.4. The number of ether oxygens (including phenoxy) is 2.